The third kappa shape index (κ3) is 3.55. The molecule has 0 spiro atoms. The largest absolute Gasteiger partial charge is 0.309 e. The van der Waals surface area contributed by atoms with Crippen molar-refractivity contribution in [3.8, 4) is 39.1 Å². The molecular formula is C44H31N2OP. The monoisotopic (exact) mass is 634 g/mol. The molecule has 6 aromatic carbocycles. The Morgan fingerprint density at radius 3 is 2.10 bits per heavy atom. The Balaban J connectivity index is 1.25. The average molecular weight is 635 g/mol. The minimum Gasteiger partial charge on any atom is -0.309 e. The molecule has 8 aromatic rings. The molecule has 1 atom stereocenters. The van der Waals surface area contributed by atoms with Crippen molar-refractivity contribution >= 4 is 44.9 Å². The number of pyridine rings is 1. The van der Waals surface area contributed by atoms with Gasteiger partial charge in [-0.05, 0) is 80.9 Å². The molecule has 1 unspecified atom stereocenters. The van der Waals surface area contributed by atoms with E-state index in [1.807, 2.05) is 48.8 Å². The zero-order valence-corrected chi connectivity index (χ0v) is 27.6. The number of benzene rings is 6. The Bertz CT molecular complexity index is 2670. The van der Waals surface area contributed by atoms with Crippen LogP contribution in [0.3, 0.4) is 0 Å². The first-order chi connectivity index (χ1) is 23.5. The van der Waals surface area contributed by atoms with Gasteiger partial charge in [-0.3, -0.25) is 4.98 Å². The summed E-state index contributed by atoms with van der Waals surface area (Å²) in [7, 11) is -3.20. The van der Waals surface area contributed by atoms with Crippen molar-refractivity contribution in [3.05, 3.63) is 163 Å². The van der Waals surface area contributed by atoms with E-state index in [2.05, 4.69) is 127 Å². The summed E-state index contributed by atoms with van der Waals surface area (Å²) in [5, 5.41) is 5.02. The number of aromatic nitrogens is 2. The molecule has 2 aromatic heterocycles. The Morgan fingerprint density at radius 2 is 1.27 bits per heavy atom. The van der Waals surface area contributed by atoms with Crippen LogP contribution in [0.25, 0.3) is 60.9 Å². The highest BCUT2D eigenvalue weighted by atomic mass is 31.2. The van der Waals surface area contributed by atoms with Crippen molar-refractivity contribution in [1.29, 1.82) is 0 Å². The van der Waals surface area contributed by atoms with Crippen molar-refractivity contribution in [2.24, 2.45) is 0 Å². The Hall–Kier alpha value is -5.50. The molecule has 0 radical (unpaired) electrons. The van der Waals surface area contributed by atoms with Crippen LogP contribution in [-0.2, 0) is 9.98 Å². The van der Waals surface area contributed by atoms with E-state index in [1.54, 1.807) is 0 Å². The lowest BCUT2D eigenvalue weighted by molar-refractivity contribution is 0.593. The van der Waals surface area contributed by atoms with Gasteiger partial charge >= 0.3 is 0 Å². The van der Waals surface area contributed by atoms with Gasteiger partial charge in [0.25, 0.3) is 0 Å². The van der Waals surface area contributed by atoms with Gasteiger partial charge in [-0.1, -0.05) is 117 Å². The Morgan fingerprint density at radius 1 is 0.583 bits per heavy atom. The van der Waals surface area contributed by atoms with Gasteiger partial charge in [-0.15, -0.1) is 0 Å². The highest BCUT2D eigenvalue weighted by Crippen LogP contribution is 2.55. The summed E-state index contributed by atoms with van der Waals surface area (Å²) in [6.07, 6.45) is 3.71. The number of para-hydroxylation sites is 1. The maximum atomic E-state index is 15.9. The van der Waals surface area contributed by atoms with E-state index < -0.39 is 7.14 Å². The van der Waals surface area contributed by atoms with Gasteiger partial charge in [0.2, 0.25) is 0 Å². The summed E-state index contributed by atoms with van der Waals surface area (Å²) in [6, 6.07) is 49.3. The van der Waals surface area contributed by atoms with Crippen LogP contribution in [0.5, 0.6) is 0 Å². The van der Waals surface area contributed by atoms with Gasteiger partial charge in [0.15, 0.2) is 7.14 Å². The molecule has 4 heteroatoms. The molecule has 48 heavy (non-hydrogen) atoms. The summed E-state index contributed by atoms with van der Waals surface area (Å²) in [6.45, 7) is 4.67. The van der Waals surface area contributed by atoms with Crippen molar-refractivity contribution < 1.29 is 4.57 Å². The van der Waals surface area contributed by atoms with Crippen LogP contribution in [-0.4, -0.2) is 9.55 Å². The molecule has 1 aliphatic heterocycles. The quantitative estimate of drug-likeness (QED) is 0.181. The predicted molar refractivity (Wildman–Crippen MR) is 200 cm³/mol. The molecule has 0 amide bonds. The van der Waals surface area contributed by atoms with Gasteiger partial charge < -0.3 is 9.13 Å². The van der Waals surface area contributed by atoms with Gasteiger partial charge in [0.1, 0.15) is 0 Å². The summed E-state index contributed by atoms with van der Waals surface area (Å²) in [5.41, 5.74) is 12.7. The number of hydrogen-bond acceptors (Lipinski definition) is 2. The van der Waals surface area contributed by atoms with Crippen molar-refractivity contribution in [1.82, 2.24) is 9.55 Å². The lowest BCUT2D eigenvalue weighted by Gasteiger charge is -2.23. The van der Waals surface area contributed by atoms with E-state index in [9.17, 15) is 0 Å². The van der Waals surface area contributed by atoms with E-state index >= 15 is 4.57 Å². The molecule has 3 heterocycles. The zero-order valence-electron chi connectivity index (χ0n) is 26.7. The van der Waals surface area contributed by atoms with Gasteiger partial charge in [0.05, 0.1) is 16.3 Å². The van der Waals surface area contributed by atoms with Crippen molar-refractivity contribution in [2.75, 3.05) is 0 Å². The highest BCUT2D eigenvalue weighted by Gasteiger charge is 2.43. The van der Waals surface area contributed by atoms with E-state index in [4.69, 9.17) is 0 Å². The molecule has 2 aliphatic rings. The van der Waals surface area contributed by atoms with Crippen LogP contribution in [0.2, 0.25) is 0 Å². The smallest absolute Gasteiger partial charge is 0.174 e. The molecule has 0 fully saturated rings. The fraction of sp³-hybridized carbons (Fsp3) is 0.0682. The molecule has 0 N–H and O–H groups in total. The van der Waals surface area contributed by atoms with Crippen LogP contribution >= 0.6 is 7.14 Å². The van der Waals surface area contributed by atoms with Crippen molar-refractivity contribution in [3.63, 3.8) is 0 Å². The Labute approximate surface area is 279 Å². The highest BCUT2D eigenvalue weighted by molar-refractivity contribution is 7.86. The van der Waals surface area contributed by atoms with E-state index in [0.29, 0.717) is 0 Å². The topological polar surface area (TPSA) is 34.9 Å². The van der Waals surface area contributed by atoms with E-state index in [1.165, 1.54) is 33.4 Å². The average Bonchev–Trinajstić information content (AvgIpc) is 3.70. The number of fused-ring (bicyclic) bond motifs is 10. The fourth-order valence-corrected chi connectivity index (χ4v) is 11.7. The first-order valence-electron chi connectivity index (χ1n) is 16.5. The lowest BCUT2D eigenvalue weighted by atomic mass is 9.81. The summed E-state index contributed by atoms with van der Waals surface area (Å²) in [5.74, 6) is 0. The standard InChI is InChI=1S/C44H31N2OP/c1-44(2)38-26-29(28-22-24-45-25-23-28)16-18-32(38)33-19-17-30(27-39(33)44)46-40-14-8-6-12-34(40)36-20-21-37-35-13-7-9-15-41(35)48(47,43(37)42(36)46)31-10-4-3-5-11-31/h3-27H,1-2H3. The van der Waals surface area contributed by atoms with Crippen LogP contribution in [0.4, 0.5) is 0 Å². The van der Waals surface area contributed by atoms with E-state index in [-0.39, 0.29) is 5.41 Å². The fourth-order valence-electron chi connectivity index (χ4n) is 8.44. The molecule has 228 valence electrons. The third-order valence-electron chi connectivity index (χ3n) is 10.7. The number of hydrogen-bond donors (Lipinski definition) is 0. The van der Waals surface area contributed by atoms with Crippen LogP contribution < -0.4 is 15.9 Å². The minimum atomic E-state index is -3.20. The normalized spacial score (nSPS) is 16.9. The maximum Gasteiger partial charge on any atom is 0.174 e. The molecule has 3 nitrogen and oxygen atoms in total. The van der Waals surface area contributed by atoms with Crippen molar-refractivity contribution in [2.45, 2.75) is 19.3 Å². The molecule has 0 bridgehead atoms. The number of nitrogens with zero attached hydrogens (tertiary/aromatic N) is 2. The second-order valence-electron chi connectivity index (χ2n) is 13.5. The van der Waals surface area contributed by atoms with Crippen LogP contribution in [0.1, 0.15) is 25.0 Å². The van der Waals surface area contributed by atoms with Crippen LogP contribution in [0.15, 0.2) is 152 Å². The number of rotatable bonds is 3. The first-order valence-corrected chi connectivity index (χ1v) is 18.2. The molecule has 1 aliphatic carbocycles. The summed E-state index contributed by atoms with van der Waals surface area (Å²) < 4.78 is 18.3. The van der Waals surface area contributed by atoms with Gasteiger partial charge in [-0.25, -0.2) is 0 Å². The Kier molecular flexibility index (Phi) is 5.61. The lowest BCUT2D eigenvalue weighted by Crippen LogP contribution is -2.22. The summed E-state index contributed by atoms with van der Waals surface area (Å²) in [4.78, 5) is 4.22. The predicted octanol–water partition coefficient (Wildman–Crippen LogP) is 9.77. The SMILES string of the molecule is CC1(C)c2cc(-c3ccncc3)ccc2-c2ccc(-n3c4ccccc4c4ccc5c(c43)P(=O)(c3ccccc3)c3ccccc3-5)cc21. The second-order valence-corrected chi connectivity index (χ2v) is 16.2. The maximum absolute atomic E-state index is 15.9. The van der Waals surface area contributed by atoms with Gasteiger partial charge in [0, 0.05) is 44.9 Å². The zero-order chi connectivity index (χ0) is 32.2. The third-order valence-corrected chi connectivity index (χ3v) is 13.9. The minimum absolute atomic E-state index is 0.208. The second kappa shape index (κ2) is 9.76. The van der Waals surface area contributed by atoms with E-state index in [0.717, 1.165) is 54.5 Å². The first kappa shape index (κ1) is 27.6. The molecule has 10 rings (SSSR count). The molecule has 0 saturated carbocycles. The van der Waals surface area contributed by atoms with Gasteiger partial charge in [-0.2, -0.15) is 0 Å². The summed E-state index contributed by atoms with van der Waals surface area (Å²) >= 11 is 0. The molecule has 0 saturated heterocycles. The molecular weight excluding hydrogens is 603 g/mol. The van der Waals surface area contributed by atoms with Crippen LogP contribution in [0, 0.1) is 0 Å².